The molecule has 0 radical (unpaired) electrons. The standard InChI is InChI=1S/C13H11ClFN3O2S3/c1-20-8(19)6-7-9(14)10(11(15)22-7)16-12-17-4-2-3-5-18(17)13(21)23-12/h3,5H,2,4,6H2,1H3. The van der Waals surface area contributed by atoms with Crippen LogP contribution in [0.2, 0.25) is 5.02 Å². The summed E-state index contributed by atoms with van der Waals surface area (Å²) in [6.45, 7) is 0.709. The minimum absolute atomic E-state index is 0.0391. The molecule has 2 aromatic rings. The van der Waals surface area contributed by atoms with Crippen molar-refractivity contribution >= 4 is 64.3 Å². The van der Waals surface area contributed by atoms with Crippen LogP contribution in [0.1, 0.15) is 11.3 Å². The fraction of sp³-hybridized carbons (Fsp3) is 0.308. The van der Waals surface area contributed by atoms with Crippen LogP contribution in [0, 0.1) is 9.09 Å². The first-order valence-corrected chi connectivity index (χ1v) is 9.00. The monoisotopic (exact) mass is 391 g/mol. The van der Waals surface area contributed by atoms with Gasteiger partial charge in [-0.05, 0) is 18.6 Å². The van der Waals surface area contributed by atoms with Crippen molar-refractivity contribution in [2.24, 2.45) is 4.99 Å². The summed E-state index contributed by atoms with van der Waals surface area (Å²) in [5, 5.41) is -0.387. The Balaban J connectivity index is 2.09. The van der Waals surface area contributed by atoms with Gasteiger partial charge in [0.05, 0.1) is 18.6 Å². The number of fused-ring (bicyclic) bond motifs is 1. The lowest BCUT2D eigenvalue weighted by molar-refractivity contribution is -0.139. The van der Waals surface area contributed by atoms with E-state index < -0.39 is 11.1 Å². The van der Waals surface area contributed by atoms with Gasteiger partial charge in [0.1, 0.15) is 5.69 Å². The maximum Gasteiger partial charge on any atom is 0.310 e. The molecule has 3 rings (SSSR count). The van der Waals surface area contributed by atoms with Crippen LogP contribution in [-0.2, 0) is 22.5 Å². The average Bonchev–Trinajstić information content (AvgIpc) is 3.00. The average molecular weight is 392 g/mol. The molecule has 0 saturated carbocycles. The van der Waals surface area contributed by atoms with Gasteiger partial charge in [-0.1, -0.05) is 29.0 Å². The number of esters is 1. The Bertz CT molecular complexity index is 922. The number of hydrogen-bond acceptors (Lipinski definition) is 6. The number of halogens is 2. The molecule has 0 fully saturated rings. The van der Waals surface area contributed by atoms with Crippen molar-refractivity contribution < 1.29 is 13.9 Å². The number of ether oxygens (including phenoxy) is 1. The third kappa shape index (κ3) is 3.18. The second-order valence-corrected chi connectivity index (χ2v) is 7.65. The van der Waals surface area contributed by atoms with Crippen LogP contribution in [0.4, 0.5) is 10.1 Å². The van der Waals surface area contributed by atoms with Crippen LogP contribution in [0.3, 0.4) is 0 Å². The van der Waals surface area contributed by atoms with Gasteiger partial charge >= 0.3 is 5.97 Å². The van der Waals surface area contributed by atoms with Crippen molar-refractivity contribution in [1.29, 1.82) is 0 Å². The van der Waals surface area contributed by atoms with Crippen LogP contribution >= 0.6 is 46.5 Å². The van der Waals surface area contributed by atoms with Crippen LogP contribution in [-0.4, -0.2) is 22.4 Å². The second kappa shape index (κ2) is 6.68. The van der Waals surface area contributed by atoms with Crippen molar-refractivity contribution in [3.63, 3.8) is 0 Å². The van der Waals surface area contributed by atoms with E-state index in [1.54, 1.807) is 4.68 Å². The zero-order chi connectivity index (χ0) is 16.6. The predicted molar refractivity (Wildman–Crippen MR) is 91.3 cm³/mol. The van der Waals surface area contributed by atoms with E-state index in [0.717, 1.165) is 17.8 Å². The Labute approximate surface area is 148 Å². The molecule has 0 spiro atoms. The fourth-order valence-electron chi connectivity index (χ4n) is 2.09. The molecule has 1 aliphatic rings. The zero-order valence-corrected chi connectivity index (χ0v) is 15.1. The molecule has 3 heterocycles. The number of rotatable bonds is 3. The number of carbonyl (C=O) groups is 1. The summed E-state index contributed by atoms with van der Waals surface area (Å²) in [6.07, 6.45) is 4.66. The van der Waals surface area contributed by atoms with E-state index in [1.807, 2.05) is 17.0 Å². The molecular weight excluding hydrogens is 381 g/mol. The van der Waals surface area contributed by atoms with Crippen LogP contribution in [0.5, 0.6) is 0 Å². The van der Waals surface area contributed by atoms with Gasteiger partial charge < -0.3 is 4.74 Å². The number of thiophene rings is 1. The molecule has 122 valence electrons. The van der Waals surface area contributed by atoms with Crippen LogP contribution < -0.4 is 4.80 Å². The summed E-state index contributed by atoms with van der Waals surface area (Å²) in [4.78, 5) is 16.7. The minimum Gasteiger partial charge on any atom is -0.469 e. The lowest BCUT2D eigenvalue weighted by Crippen LogP contribution is -2.22. The third-order valence-electron chi connectivity index (χ3n) is 3.19. The Morgan fingerprint density at radius 1 is 1.57 bits per heavy atom. The maximum absolute atomic E-state index is 14.2. The number of carbonyl (C=O) groups excluding carboxylic acids is 1. The number of aromatic nitrogens is 2. The van der Waals surface area contributed by atoms with Crippen molar-refractivity contribution in [3.05, 3.63) is 29.9 Å². The molecule has 0 N–H and O–H groups in total. The Hall–Kier alpha value is -1.29. The molecule has 5 nitrogen and oxygen atoms in total. The SMILES string of the molecule is COC(=O)Cc1sc(F)c(N=c2sc(=S)n3n2CCC=C3)c1Cl. The summed E-state index contributed by atoms with van der Waals surface area (Å²) < 4.78 is 23.1. The van der Waals surface area contributed by atoms with E-state index in [4.69, 9.17) is 23.8 Å². The molecule has 10 heteroatoms. The number of hydrogen-bond donors (Lipinski definition) is 0. The molecule has 0 unspecified atom stereocenters. The van der Waals surface area contributed by atoms with Crippen LogP contribution in [0.15, 0.2) is 11.1 Å². The molecule has 0 saturated heterocycles. The summed E-state index contributed by atoms with van der Waals surface area (Å²) >= 11 is 13.6. The number of allylic oxidation sites excluding steroid dienone is 1. The van der Waals surface area contributed by atoms with E-state index >= 15 is 0 Å². The summed E-state index contributed by atoms with van der Waals surface area (Å²) in [7, 11) is 1.27. The molecular formula is C13H11ClFN3O2S3. The van der Waals surface area contributed by atoms with Crippen molar-refractivity contribution in [3.8, 4) is 0 Å². The Morgan fingerprint density at radius 3 is 3.09 bits per heavy atom. The molecule has 23 heavy (non-hydrogen) atoms. The van der Waals surface area contributed by atoms with E-state index in [1.165, 1.54) is 18.4 Å². The third-order valence-corrected chi connectivity index (χ3v) is 5.96. The van der Waals surface area contributed by atoms with E-state index in [-0.39, 0.29) is 17.1 Å². The van der Waals surface area contributed by atoms with Gasteiger partial charge in [0.15, 0.2) is 3.95 Å². The Morgan fingerprint density at radius 2 is 2.35 bits per heavy atom. The lowest BCUT2D eigenvalue weighted by atomic mass is 10.3. The first-order valence-electron chi connectivity index (χ1n) is 6.58. The lowest BCUT2D eigenvalue weighted by Gasteiger charge is -2.10. The van der Waals surface area contributed by atoms with Crippen molar-refractivity contribution in [1.82, 2.24) is 9.36 Å². The first kappa shape index (κ1) is 16.6. The molecule has 0 atom stereocenters. The molecule has 0 aliphatic carbocycles. The molecule has 0 amide bonds. The molecule has 2 aromatic heterocycles. The predicted octanol–water partition coefficient (Wildman–Crippen LogP) is 3.76. The Kier molecular flexibility index (Phi) is 4.81. The van der Waals surface area contributed by atoms with E-state index in [0.29, 0.717) is 20.2 Å². The van der Waals surface area contributed by atoms with Gasteiger partial charge in [-0.25, -0.2) is 9.67 Å². The quantitative estimate of drug-likeness (QED) is 0.591. The highest BCUT2D eigenvalue weighted by molar-refractivity contribution is 7.73. The molecule has 1 aliphatic heterocycles. The highest BCUT2D eigenvalue weighted by atomic mass is 35.5. The van der Waals surface area contributed by atoms with Gasteiger partial charge in [-0.3, -0.25) is 9.48 Å². The summed E-state index contributed by atoms with van der Waals surface area (Å²) in [6, 6.07) is 0. The van der Waals surface area contributed by atoms with Gasteiger partial charge in [0.2, 0.25) is 9.93 Å². The van der Waals surface area contributed by atoms with E-state index in [9.17, 15) is 9.18 Å². The highest BCUT2D eigenvalue weighted by Crippen LogP contribution is 2.38. The van der Waals surface area contributed by atoms with Gasteiger partial charge in [-0.15, -0.1) is 11.3 Å². The minimum atomic E-state index is -0.529. The van der Waals surface area contributed by atoms with E-state index in [2.05, 4.69) is 9.73 Å². The van der Waals surface area contributed by atoms with Gasteiger partial charge in [-0.2, -0.15) is 4.39 Å². The largest absolute Gasteiger partial charge is 0.469 e. The van der Waals surface area contributed by atoms with Gasteiger partial charge in [0.25, 0.3) is 0 Å². The molecule has 0 bridgehead atoms. The normalized spacial score (nSPS) is 14.1. The van der Waals surface area contributed by atoms with Crippen molar-refractivity contribution in [2.45, 2.75) is 19.4 Å². The van der Waals surface area contributed by atoms with Gasteiger partial charge in [0, 0.05) is 17.6 Å². The first-order chi connectivity index (χ1) is 11.0. The second-order valence-electron chi connectivity index (χ2n) is 4.62. The summed E-state index contributed by atoms with van der Waals surface area (Å²) in [5.74, 6) is -0.476. The topological polar surface area (TPSA) is 48.5 Å². The zero-order valence-electron chi connectivity index (χ0n) is 11.9. The fourth-order valence-corrected chi connectivity index (χ4v) is 4.50. The highest BCUT2D eigenvalue weighted by Gasteiger charge is 2.19. The van der Waals surface area contributed by atoms with Crippen molar-refractivity contribution in [2.75, 3.05) is 7.11 Å². The smallest absolute Gasteiger partial charge is 0.310 e. The maximum atomic E-state index is 14.2. The number of methoxy groups -OCH3 is 1. The van der Waals surface area contributed by atoms with Crippen LogP contribution in [0.25, 0.3) is 6.20 Å². The summed E-state index contributed by atoms with van der Waals surface area (Å²) in [5.41, 5.74) is 0.0391. The molecule has 0 aromatic carbocycles. The number of nitrogens with zero attached hydrogens (tertiary/aromatic N) is 3.